The minimum atomic E-state index is -0.155. The monoisotopic (exact) mass is 432 g/mol. The van der Waals surface area contributed by atoms with E-state index in [0.29, 0.717) is 25.2 Å². The van der Waals surface area contributed by atoms with Gasteiger partial charge in [0.25, 0.3) is 5.91 Å². The molecule has 0 saturated carbocycles. The van der Waals surface area contributed by atoms with E-state index >= 15 is 0 Å². The molecule has 5 heteroatoms. The second-order valence-corrected chi connectivity index (χ2v) is 8.91. The van der Waals surface area contributed by atoms with E-state index in [2.05, 4.69) is 25.6 Å². The van der Waals surface area contributed by atoms with Gasteiger partial charge >= 0.3 is 0 Å². The van der Waals surface area contributed by atoms with Gasteiger partial charge in [0.1, 0.15) is 6.54 Å². The van der Waals surface area contributed by atoms with Crippen LogP contribution < -0.4 is 0 Å². The highest BCUT2D eigenvalue weighted by atomic mass is 32.1. The van der Waals surface area contributed by atoms with Gasteiger partial charge in [-0.15, -0.1) is 17.9 Å². The molecule has 3 aromatic rings. The maximum Gasteiger partial charge on any atom is 0.254 e. The number of carbonyl (C=O) groups is 2. The molecule has 0 radical (unpaired) electrons. The zero-order valence-corrected chi connectivity index (χ0v) is 18.9. The lowest BCUT2D eigenvalue weighted by atomic mass is 10.1. The zero-order valence-electron chi connectivity index (χ0n) is 18.1. The second-order valence-electron chi connectivity index (χ2n) is 7.54. The maximum atomic E-state index is 13.4. The number of amides is 2. The van der Waals surface area contributed by atoms with Crippen LogP contribution in [0.3, 0.4) is 0 Å². The lowest BCUT2D eigenvalue weighted by Gasteiger charge is -2.27. The van der Waals surface area contributed by atoms with E-state index in [1.54, 1.807) is 28.4 Å². The Morgan fingerprint density at radius 3 is 2.26 bits per heavy atom. The summed E-state index contributed by atoms with van der Waals surface area (Å²) in [6.45, 7) is 9.08. The highest BCUT2D eigenvalue weighted by molar-refractivity contribution is 7.11. The van der Waals surface area contributed by atoms with Gasteiger partial charge in [0, 0.05) is 28.4 Å². The molecule has 0 aliphatic heterocycles. The Morgan fingerprint density at radius 2 is 1.61 bits per heavy atom. The summed E-state index contributed by atoms with van der Waals surface area (Å²) in [5.74, 6) is -0.239. The molecule has 0 atom stereocenters. The van der Waals surface area contributed by atoms with Crippen LogP contribution in [-0.4, -0.2) is 34.7 Å². The van der Waals surface area contributed by atoms with Crippen molar-refractivity contribution in [2.75, 3.05) is 13.1 Å². The van der Waals surface area contributed by atoms with Crippen LogP contribution in [0.2, 0.25) is 0 Å². The average Bonchev–Trinajstić information content (AvgIpc) is 3.18. The summed E-state index contributed by atoms with van der Waals surface area (Å²) in [6.07, 6.45) is 1.66. The first-order valence-corrected chi connectivity index (χ1v) is 11.1. The van der Waals surface area contributed by atoms with E-state index in [1.165, 1.54) is 4.88 Å². The van der Waals surface area contributed by atoms with Crippen molar-refractivity contribution in [3.63, 3.8) is 0 Å². The van der Waals surface area contributed by atoms with Crippen LogP contribution in [0.5, 0.6) is 0 Å². The number of aryl methyl sites for hydroxylation is 2. The predicted octanol–water partition coefficient (Wildman–Crippen LogP) is 5.22. The van der Waals surface area contributed by atoms with Crippen LogP contribution in [0, 0.1) is 13.8 Å². The summed E-state index contributed by atoms with van der Waals surface area (Å²) in [5, 5.41) is 0. The molecule has 160 valence electrons. The summed E-state index contributed by atoms with van der Waals surface area (Å²) in [5.41, 5.74) is 2.56. The van der Waals surface area contributed by atoms with Gasteiger partial charge in [0.2, 0.25) is 5.91 Å². The van der Waals surface area contributed by atoms with E-state index in [9.17, 15) is 9.59 Å². The third-order valence-electron chi connectivity index (χ3n) is 5.05. The van der Waals surface area contributed by atoms with Crippen LogP contribution in [0.25, 0.3) is 0 Å². The van der Waals surface area contributed by atoms with Gasteiger partial charge in [0.05, 0.1) is 6.54 Å². The highest BCUT2D eigenvalue weighted by Gasteiger charge is 2.23. The van der Waals surface area contributed by atoms with Crippen LogP contribution in [0.1, 0.15) is 31.2 Å². The van der Waals surface area contributed by atoms with Crippen molar-refractivity contribution in [2.45, 2.75) is 26.9 Å². The number of benzene rings is 2. The number of hydrogen-bond acceptors (Lipinski definition) is 3. The molecule has 0 aliphatic carbocycles. The Morgan fingerprint density at radius 1 is 0.903 bits per heavy atom. The molecule has 4 nitrogen and oxygen atoms in total. The molecule has 1 aromatic heterocycles. The molecular formula is C26H28N2O2S. The maximum absolute atomic E-state index is 13.4. The molecule has 0 fully saturated rings. The Labute approximate surface area is 188 Å². The number of thiophene rings is 1. The van der Waals surface area contributed by atoms with Crippen molar-refractivity contribution in [3.05, 3.63) is 106 Å². The summed E-state index contributed by atoms with van der Waals surface area (Å²) < 4.78 is 0. The van der Waals surface area contributed by atoms with Crippen LogP contribution >= 0.6 is 11.3 Å². The topological polar surface area (TPSA) is 40.6 Å². The standard InChI is InChI=1S/C26H28N2O2S/c1-4-16-27(26(30)24-13-9-8-10-20(24)2)19-25(29)28(17-22-11-6-5-7-12-22)18-23-15-14-21(3)31-23/h4-15H,1,16-19H2,2-3H3. The van der Waals surface area contributed by atoms with Gasteiger partial charge in [-0.05, 0) is 43.2 Å². The zero-order chi connectivity index (χ0) is 22.2. The summed E-state index contributed by atoms with van der Waals surface area (Å²) >= 11 is 1.69. The highest BCUT2D eigenvalue weighted by Crippen LogP contribution is 2.19. The second kappa shape index (κ2) is 10.7. The fourth-order valence-electron chi connectivity index (χ4n) is 3.42. The molecule has 3 rings (SSSR count). The molecule has 0 N–H and O–H groups in total. The van der Waals surface area contributed by atoms with Crippen LogP contribution in [-0.2, 0) is 17.9 Å². The molecule has 1 heterocycles. The summed E-state index contributed by atoms with van der Waals surface area (Å²) in [7, 11) is 0. The van der Waals surface area contributed by atoms with Gasteiger partial charge in [-0.2, -0.15) is 0 Å². The minimum absolute atomic E-state index is 0.0103. The number of hydrogen-bond donors (Lipinski definition) is 0. The van der Waals surface area contributed by atoms with E-state index in [0.717, 1.165) is 16.0 Å². The van der Waals surface area contributed by atoms with Crippen LogP contribution in [0.15, 0.2) is 79.4 Å². The normalized spacial score (nSPS) is 10.5. The number of carbonyl (C=O) groups excluding carboxylic acids is 2. The van der Waals surface area contributed by atoms with Crippen molar-refractivity contribution in [1.82, 2.24) is 9.80 Å². The quantitative estimate of drug-likeness (QED) is 0.435. The third kappa shape index (κ3) is 6.15. The lowest BCUT2D eigenvalue weighted by molar-refractivity contribution is -0.133. The van der Waals surface area contributed by atoms with Crippen molar-refractivity contribution in [3.8, 4) is 0 Å². The Kier molecular flexibility index (Phi) is 7.79. The van der Waals surface area contributed by atoms with Crippen molar-refractivity contribution >= 4 is 23.2 Å². The Bertz CT molecular complexity index is 1040. The number of rotatable bonds is 9. The van der Waals surface area contributed by atoms with Crippen molar-refractivity contribution < 1.29 is 9.59 Å². The minimum Gasteiger partial charge on any atom is -0.332 e. The number of nitrogens with zero attached hydrogens (tertiary/aromatic N) is 2. The average molecular weight is 433 g/mol. The summed E-state index contributed by atoms with van der Waals surface area (Å²) in [6, 6.07) is 21.5. The summed E-state index contributed by atoms with van der Waals surface area (Å²) in [4.78, 5) is 32.2. The molecule has 2 aromatic carbocycles. The fourth-order valence-corrected chi connectivity index (χ4v) is 4.32. The predicted molar refractivity (Wildman–Crippen MR) is 127 cm³/mol. The largest absolute Gasteiger partial charge is 0.332 e. The van der Waals surface area contributed by atoms with Crippen molar-refractivity contribution in [2.24, 2.45) is 0 Å². The first kappa shape index (κ1) is 22.5. The van der Waals surface area contributed by atoms with Gasteiger partial charge in [-0.3, -0.25) is 9.59 Å². The van der Waals surface area contributed by atoms with Crippen LogP contribution in [0.4, 0.5) is 0 Å². The van der Waals surface area contributed by atoms with Gasteiger partial charge in [-0.1, -0.05) is 54.6 Å². The molecule has 2 amide bonds. The molecule has 0 aliphatic rings. The molecule has 0 saturated heterocycles. The third-order valence-corrected chi connectivity index (χ3v) is 6.04. The SMILES string of the molecule is C=CCN(CC(=O)N(Cc1ccccc1)Cc1ccc(C)s1)C(=O)c1ccccc1C. The van der Waals surface area contributed by atoms with Crippen molar-refractivity contribution in [1.29, 1.82) is 0 Å². The van der Waals surface area contributed by atoms with Gasteiger partial charge in [-0.25, -0.2) is 0 Å². The first-order valence-electron chi connectivity index (χ1n) is 10.3. The smallest absolute Gasteiger partial charge is 0.254 e. The van der Waals surface area contributed by atoms with E-state index in [1.807, 2.05) is 60.4 Å². The van der Waals surface area contributed by atoms with E-state index < -0.39 is 0 Å². The van der Waals surface area contributed by atoms with E-state index in [-0.39, 0.29) is 18.4 Å². The molecular weight excluding hydrogens is 404 g/mol. The van der Waals surface area contributed by atoms with Gasteiger partial charge in [0.15, 0.2) is 0 Å². The Hall–Kier alpha value is -3.18. The first-order chi connectivity index (χ1) is 15.0. The molecule has 0 unspecified atom stereocenters. The Balaban J connectivity index is 1.81. The lowest BCUT2D eigenvalue weighted by Crippen LogP contribution is -2.42. The molecule has 31 heavy (non-hydrogen) atoms. The van der Waals surface area contributed by atoms with E-state index in [4.69, 9.17) is 0 Å². The fraction of sp³-hybridized carbons (Fsp3) is 0.231. The molecule has 0 bridgehead atoms. The molecule has 0 spiro atoms. The van der Waals surface area contributed by atoms with Gasteiger partial charge < -0.3 is 9.80 Å².